The summed E-state index contributed by atoms with van der Waals surface area (Å²) in [5.41, 5.74) is -0.229. The summed E-state index contributed by atoms with van der Waals surface area (Å²) in [6.45, 7) is 3.77. The van der Waals surface area contributed by atoms with E-state index in [2.05, 4.69) is 10.3 Å². The lowest BCUT2D eigenvalue weighted by Gasteiger charge is -2.35. The number of nitrogens with one attached hydrogen (secondary N) is 1. The second kappa shape index (κ2) is 10.8. The first-order valence-corrected chi connectivity index (χ1v) is 8.74. The molecule has 1 fully saturated rings. The van der Waals surface area contributed by atoms with Crippen LogP contribution >= 0.6 is 24.0 Å². The lowest BCUT2D eigenvalue weighted by Crippen LogP contribution is -2.48. The minimum absolute atomic E-state index is 0. The highest BCUT2D eigenvalue weighted by Crippen LogP contribution is 2.32. The fourth-order valence-electron chi connectivity index (χ4n) is 2.67. The quantitative estimate of drug-likeness (QED) is 0.382. The maximum absolute atomic E-state index is 13.0. The first-order chi connectivity index (χ1) is 12.7. The van der Waals surface area contributed by atoms with E-state index in [9.17, 15) is 18.0 Å². The SMILES string of the molecule is CCNC(=NCC(=O)N(C)C)N1CCOC(c2cccc(C(F)(F)F)c2)C1.I. The van der Waals surface area contributed by atoms with Crippen LogP contribution in [0.4, 0.5) is 13.2 Å². The van der Waals surface area contributed by atoms with Gasteiger partial charge in [-0.05, 0) is 24.6 Å². The Morgan fingerprint density at radius 3 is 2.71 bits per heavy atom. The summed E-state index contributed by atoms with van der Waals surface area (Å²) in [6, 6.07) is 5.18. The number of ether oxygens (including phenoxy) is 1. The lowest BCUT2D eigenvalue weighted by molar-refractivity contribution is -0.137. The summed E-state index contributed by atoms with van der Waals surface area (Å²) in [7, 11) is 3.31. The molecule has 2 rings (SSSR count). The van der Waals surface area contributed by atoms with Crippen molar-refractivity contribution in [2.24, 2.45) is 4.99 Å². The van der Waals surface area contributed by atoms with Gasteiger partial charge in [-0.2, -0.15) is 13.2 Å². The number of rotatable bonds is 4. The van der Waals surface area contributed by atoms with Crippen LogP contribution in [0, 0.1) is 0 Å². The summed E-state index contributed by atoms with van der Waals surface area (Å²) >= 11 is 0. The third-order valence-electron chi connectivity index (χ3n) is 4.15. The molecule has 6 nitrogen and oxygen atoms in total. The molecule has 0 saturated carbocycles. The molecule has 10 heteroatoms. The molecule has 1 atom stereocenters. The number of amides is 1. The van der Waals surface area contributed by atoms with E-state index < -0.39 is 17.8 Å². The minimum atomic E-state index is -4.40. The Labute approximate surface area is 180 Å². The molecule has 0 aromatic heterocycles. The van der Waals surface area contributed by atoms with Crippen molar-refractivity contribution >= 4 is 35.8 Å². The number of halogens is 4. The Hall–Kier alpha value is -1.56. The van der Waals surface area contributed by atoms with Crippen LogP contribution in [0.25, 0.3) is 0 Å². The van der Waals surface area contributed by atoms with Crippen LogP contribution in [0.5, 0.6) is 0 Å². The van der Waals surface area contributed by atoms with Crippen molar-refractivity contribution < 1.29 is 22.7 Å². The van der Waals surface area contributed by atoms with E-state index in [1.165, 1.54) is 11.0 Å². The molecule has 0 aliphatic carbocycles. The molecule has 0 bridgehead atoms. The predicted molar refractivity (Wildman–Crippen MR) is 112 cm³/mol. The van der Waals surface area contributed by atoms with Gasteiger partial charge in [0.25, 0.3) is 0 Å². The topological polar surface area (TPSA) is 57.2 Å². The first-order valence-electron chi connectivity index (χ1n) is 8.74. The van der Waals surface area contributed by atoms with Gasteiger partial charge in [-0.15, -0.1) is 24.0 Å². The fourth-order valence-corrected chi connectivity index (χ4v) is 2.67. The number of carbonyl (C=O) groups excluding carboxylic acids is 1. The van der Waals surface area contributed by atoms with Gasteiger partial charge < -0.3 is 19.9 Å². The summed E-state index contributed by atoms with van der Waals surface area (Å²) in [5, 5.41) is 3.12. The highest BCUT2D eigenvalue weighted by molar-refractivity contribution is 14.0. The zero-order valence-corrected chi connectivity index (χ0v) is 18.5. The Morgan fingerprint density at radius 2 is 2.11 bits per heavy atom. The molecule has 1 saturated heterocycles. The van der Waals surface area contributed by atoms with Crippen LogP contribution in [-0.2, 0) is 15.7 Å². The van der Waals surface area contributed by atoms with Crippen LogP contribution in [0.15, 0.2) is 29.3 Å². The van der Waals surface area contributed by atoms with Crippen LogP contribution in [0.1, 0.15) is 24.2 Å². The number of likely N-dealkylation sites (N-methyl/N-ethyl adjacent to an activating group) is 1. The Balaban J connectivity index is 0.00000392. The molecule has 1 aromatic carbocycles. The lowest BCUT2D eigenvalue weighted by atomic mass is 10.0. The van der Waals surface area contributed by atoms with Gasteiger partial charge in [0.1, 0.15) is 12.6 Å². The average molecular weight is 514 g/mol. The van der Waals surface area contributed by atoms with Crippen molar-refractivity contribution in [3.63, 3.8) is 0 Å². The highest BCUT2D eigenvalue weighted by atomic mass is 127. The van der Waals surface area contributed by atoms with Gasteiger partial charge in [0.05, 0.1) is 18.7 Å². The van der Waals surface area contributed by atoms with E-state index in [1.807, 2.05) is 11.8 Å². The van der Waals surface area contributed by atoms with E-state index in [0.29, 0.717) is 37.8 Å². The molecule has 1 aliphatic rings. The van der Waals surface area contributed by atoms with E-state index >= 15 is 0 Å². The molecular formula is C18H26F3IN4O2. The zero-order chi connectivity index (χ0) is 20.0. The number of hydrogen-bond acceptors (Lipinski definition) is 3. The van der Waals surface area contributed by atoms with E-state index in [0.717, 1.165) is 12.1 Å². The Morgan fingerprint density at radius 1 is 1.39 bits per heavy atom. The molecule has 0 spiro atoms. The number of carbonyl (C=O) groups is 1. The molecule has 1 heterocycles. The van der Waals surface area contributed by atoms with E-state index in [1.54, 1.807) is 20.2 Å². The molecule has 1 aromatic rings. The first kappa shape index (κ1) is 24.5. The van der Waals surface area contributed by atoms with Crippen LogP contribution < -0.4 is 5.32 Å². The maximum atomic E-state index is 13.0. The Kier molecular flexibility index (Phi) is 9.48. The standard InChI is InChI=1S/C18H25F3N4O2.HI/c1-4-22-17(23-11-16(26)24(2)3)25-8-9-27-15(12-25)13-6-5-7-14(10-13)18(19,20)21;/h5-7,10,15H,4,8-9,11-12H2,1-3H3,(H,22,23);1H. The van der Waals surface area contributed by atoms with Crippen LogP contribution in [0.2, 0.25) is 0 Å². The largest absolute Gasteiger partial charge is 0.416 e. The Bertz CT molecular complexity index is 683. The van der Waals surface area contributed by atoms with Gasteiger partial charge in [-0.25, -0.2) is 4.99 Å². The molecule has 158 valence electrons. The van der Waals surface area contributed by atoms with Crippen LogP contribution in [0.3, 0.4) is 0 Å². The number of hydrogen-bond donors (Lipinski definition) is 1. The van der Waals surface area contributed by atoms with Crippen molar-refractivity contribution in [3.8, 4) is 0 Å². The normalized spacial score (nSPS) is 17.7. The minimum Gasteiger partial charge on any atom is -0.370 e. The van der Waals surface area contributed by atoms with Crippen molar-refractivity contribution in [2.75, 3.05) is 46.9 Å². The van der Waals surface area contributed by atoms with Gasteiger partial charge in [0.2, 0.25) is 5.91 Å². The zero-order valence-electron chi connectivity index (χ0n) is 16.1. The molecule has 0 radical (unpaired) electrons. The average Bonchev–Trinajstić information content (AvgIpc) is 2.64. The van der Waals surface area contributed by atoms with Crippen molar-refractivity contribution in [2.45, 2.75) is 19.2 Å². The van der Waals surface area contributed by atoms with Gasteiger partial charge >= 0.3 is 6.18 Å². The number of alkyl halides is 3. The third kappa shape index (κ3) is 6.80. The summed E-state index contributed by atoms with van der Waals surface area (Å²) < 4.78 is 44.6. The van der Waals surface area contributed by atoms with Crippen molar-refractivity contribution in [3.05, 3.63) is 35.4 Å². The van der Waals surface area contributed by atoms with E-state index in [4.69, 9.17) is 4.74 Å². The number of morpholine rings is 1. The van der Waals surface area contributed by atoms with Gasteiger partial charge in [-0.3, -0.25) is 4.79 Å². The van der Waals surface area contributed by atoms with Gasteiger partial charge in [-0.1, -0.05) is 12.1 Å². The second-order valence-electron chi connectivity index (χ2n) is 6.39. The predicted octanol–water partition coefficient (Wildman–Crippen LogP) is 2.75. The number of aliphatic imine (C=N–C) groups is 1. The molecule has 1 N–H and O–H groups in total. The highest BCUT2D eigenvalue weighted by Gasteiger charge is 2.32. The third-order valence-corrected chi connectivity index (χ3v) is 4.15. The summed E-state index contributed by atoms with van der Waals surface area (Å²) in [5.74, 6) is 0.418. The van der Waals surface area contributed by atoms with Crippen molar-refractivity contribution in [1.29, 1.82) is 0 Å². The number of guanidine groups is 1. The number of benzene rings is 1. The van der Waals surface area contributed by atoms with Gasteiger partial charge in [0.15, 0.2) is 5.96 Å². The molecule has 1 aliphatic heterocycles. The number of nitrogens with zero attached hydrogens (tertiary/aromatic N) is 3. The van der Waals surface area contributed by atoms with Gasteiger partial charge in [0, 0.05) is 27.2 Å². The molecule has 1 amide bonds. The monoisotopic (exact) mass is 514 g/mol. The summed E-state index contributed by atoms with van der Waals surface area (Å²) in [6.07, 6.45) is -4.90. The molecule has 28 heavy (non-hydrogen) atoms. The second-order valence-corrected chi connectivity index (χ2v) is 6.39. The maximum Gasteiger partial charge on any atom is 0.416 e. The molecule has 1 unspecified atom stereocenters. The van der Waals surface area contributed by atoms with Crippen LogP contribution in [-0.4, -0.2) is 68.5 Å². The smallest absolute Gasteiger partial charge is 0.370 e. The molecular weight excluding hydrogens is 488 g/mol. The van der Waals surface area contributed by atoms with E-state index in [-0.39, 0.29) is 36.4 Å². The summed E-state index contributed by atoms with van der Waals surface area (Å²) in [4.78, 5) is 19.5. The fraction of sp³-hybridized carbons (Fsp3) is 0.556. The van der Waals surface area contributed by atoms with Crippen molar-refractivity contribution in [1.82, 2.24) is 15.1 Å².